The molecule has 0 saturated heterocycles. The predicted octanol–water partition coefficient (Wildman–Crippen LogP) is 3.08. The normalized spacial score (nSPS) is 11.9. The van der Waals surface area contributed by atoms with Gasteiger partial charge in [0, 0.05) is 17.0 Å². The SMILES string of the molecule is C[C@H](OC(=O)c1n[nH]c2ccccc12)C(=O)NCc1ccc(Cl)cc1. The van der Waals surface area contributed by atoms with Crippen LogP contribution < -0.4 is 5.32 Å². The molecular formula is C18H16ClN3O3. The van der Waals surface area contributed by atoms with Gasteiger partial charge in [0.15, 0.2) is 11.8 Å². The Balaban J connectivity index is 1.59. The molecule has 0 saturated carbocycles. The van der Waals surface area contributed by atoms with Crippen LogP contribution in [0, 0.1) is 0 Å². The van der Waals surface area contributed by atoms with E-state index in [2.05, 4.69) is 15.5 Å². The predicted molar refractivity (Wildman–Crippen MR) is 94.3 cm³/mol. The zero-order valence-corrected chi connectivity index (χ0v) is 14.2. The number of fused-ring (bicyclic) bond motifs is 1. The molecule has 0 aliphatic rings. The van der Waals surface area contributed by atoms with Crippen molar-refractivity contribution in [2.75, 3.05) is 0 Å². The van der Waals surface area contributed by atoms with Crippen LogP contribution in [-0.2, 0) is 16.1 Å². The molecule has 0 aliphatic heterocycles. The monoisotopic (exact) mass is 357 g/mol. The van der Waals surface area contributed by atoms with Crippen LogP contribution >= 0.6 is 11.6 Å². The number of nitrogens with one attached hydrogen (secondary N) is 2. The number of halogens is 1. The zero-order valence-electron chi connectivity index (χ0n) is 13.5. The first-order chi connectivity index (χ1) is 12.0. The molecule has 0 radical (unpaired) electrons. The summed E-state index contributed by atoms with van der Waals surface area (Å²) in [5.74, 6) is -1.03. The van der Waals surface area contributed by atoms with E-state index >= 15 is 0 Å². The molecule has 0 aliphatic carbocycles. The highest BCUT2D eigenvalue weighted by Gasteiger charge is 2.22. The fourth-order valence-corrected chi connectivity index (χ4v) is 2.45. The molecule has 0 unspecified atom stereocenters. The summed E-state index contributed by atoms with van der Waals surface area (Å²) in [4.78, 5) is 24.4. The lowest BCUT2D eigenvalue weighted by Crippen LogP contribution is -2.35. The highest BCUT2D eigenvalue weighted by molar-refractivity contribution is 6.30. The Bertz CT molecular complexity index is 905. The number of carbonyl (C=O) groups excluding carboxylic acids is 2. The average Bonchev–Trinajstić information content (AvgIpc) is 3.05. The minimum absolute atomic E-state index is 0.160. The van der Waals surface area contributed by atoms with Crippen molar-refractivity contribution in [3.63, 3.8) is 0 Å². The number of hydrogen-bond acceptors (Lipinski definition) is 4. The van der Waals surface area contributed by atoms with E-state index in [1.54, 1.807) is 30.3 Å². The van der Waals surface area contributed by atoms with Crippen LogP contribution in [0.1, 0.15) is 23.0 Å². The van der Waals surface area contributed by atoms with Crippen LogP contribution in [0.15, 0.2) is 48.5 Å². The van der Waals surface area contributed by atoms with Crippen LogP contribution in [0.3, 0.4) is 0 Å². The number of rotatable bonds is 5. The number of esters is 1. The quantitative estimate of drug-likeness (QED) is 0.687. The molecule has 3 aromatic rings. The van der Waals surface area contributed by atoms with Crippen molar-refractivity contribution in [2.45, 2.75) is 19.6 Å². The molecule has 1 amide bonds. The van der Waals surface area contributed by atoms with E-state index in [1.165, 1.54) is 6.92 Å². The number of aromatic nitrogens is 2. The fourth-order valence-electron chi connectivity index (χ4n) is 2.32. The molecule has 3 rings (SSSR count). The van der Waals surface area contributed by atoms with E-state index in [9.17, 15) is 9.59 Å². The molecule has 0 spiro atoms. The molecule has 0 fully saturated rings. The maximum Gasteiger partial charge on any atom is 0.360 e. The van der Waals surface area contributed by atoms with E-state index in [1.807, 2.05) is 18.2 Å². The van der Waals surface area contributed by atoms with Gasteiger partial charge in [-0.05, 0) is 30.7 Å². The highest BCUT2D eigenvalue weighted by atomic mass is 35.5. The molecule has 0 bridgehead atoms. The maximum atomic E-state index is 12.2. The summed E-state index contributed by atoms with van der Waals surface area (Å²) < 4.78 is 5.22. The van der Waals surface area contributed by atoms with E-state index in [4.69, 9.17) is 16.3 Å². The summed E-state index contributed by atoms with van der Waals surface area (Å²) in [6, 6.07) is 14.3. The van der Waals surface area contributed by atoms with Gasteiger partial charge in [-0.1, -0.05) is 41.9 Å². The largest absolute Gasteiger partial charge is 0.448 e. The first-order valence-corrected chi connectivity index (χ1v) is 8.08. The molecule has 1 aromatic heterocycles. The van der Waals surface area contributed by atoms with E-state index < -0.39 is 12.1 Å². The molecule has 1 atom stereocenters. The van der Waals surface area contributed by atoms with Crippen molar-refractivity contribution in [2.24, 2.45) is 0 Å². The van der Waals surface area contributed by atoms with Crippen molar-refractivity contribution >= 4 is 34.4 Å². The lowest BCUT2D eigenvalue weighted by atomic mass is 10.2. The van der Waals surface area contributed by atoms with Crippen LogP contribution in [0.25, 0.3) is 10.9 Å². The van der Waals surface area contributed by atoms with Crippen molar-refractivity contribution < 1.29 is 14.3 Å². The van der Waals surface area contributed by atoms with Gasteiger partial charge in [0.25, 0.3) is 5.91 Å². The van der Waals surface area contributed by atoms with E-state index in [-0.39, 0.29) is 11.6 Å². The average molecular weight is 358 g/mol. The van der Waals surface area contributed by atoms with E-state index in [0.717, 1.165) is 11.1 Å². The lowest BCUT2D eigenvalue weighted by Gasteiger charge is -2.13. The third-order valence-corrected chi connectivity index (χ3v) is 3.95. The smallest absolute Gasteiger partial charge is 0.360 e. The first kappa shape index (κ1) is 17.0. The fraction of sp³-hybridized carbons (Fsp3) is 0.167. The number of carbonyl (C=O) groups is 2. The standard InChI is InChI=1S/C18H16ClN3O3/c1-11(17(23)20-10-12-6-8-13(19)9-7-12)25-18(24)16-14-4-2-3-5-15(14)21-22-16/h2-9,11H,10H2,1H3,(H,20,23)(H,21,22)/t11-/m0/s1. The third-order valence-electron chi connectivity index (χ3n) is 3.70. The Labute approximate surface area is 149 Å². The number of nitrogens with zero attached hydrogens (tertiary/aromatic N) is 1. The van der Waals surface area contributed by atoms with Gasteiger partial charge < -0.3 is 10.1 Å². The number of amides is 1. The summed E-state index contributed by atoms with van der Waals surface area (Å²) in [5.41, 5.74) is 1.79. The van der Waals surface area contributed by atoms with E-state index in [0.29, 0.717) is 17.0 Å². The summed E-state index contributed by atoms with van der Waals surface area (Å²) in [6.45, 7) is 1.84. The highest BCUT2D eigenvalue weighted by Crippen LogP contribution is 2.16. The number of ether oxygens (including phenoxy) is 1. The summed E-state index contributed by atoms with van der Waals surface area (Å²) in [5, 5.41) is 10.7. The number of aromatic amines is 1. The molecule has 2 aromatic carbocycles. The second kappa shape index (κ2) is 7.36. The Morgan fingerprint density at radius 3 is 2.68 bits per heavy atom. The van der Waals surface area contributed by atoms with Crippen molar-refractivity contribution in [3.05, 3.63) is 64.8 Å². The molecule has 6 nitrogen and oxygen atoms in total. The summed E-state index contributed by atoms with van der Waals surface area (Å²) in [6.07, 6.45) is -0.935. The van der Waals surface area contributed by atoms with Crippen LogP contribution in [-0.4, -0.2) is 28.2 Å². The van der Waals surface area contributed by atoms with Gasteiger partial charge in [0.2, 0.25) is 0 Å². The molecule has 128 valence electrons. The van der Waals surface area contributed by atoms with Gasteiger partial charge >= 0.3 is 5.97 Å². The molecule has 7 heteroatoms. The second-order valence-corrected chi connectivity index (χ2v) is 5.95. The molecular weight excluding hydrogens is 342 g/mol. The van der Waals surface area contributed by atoms with Crippen LogP contribution in [0.4, 0.5) is 0 Å². The third kappa shape index (κ3) is 3.97. The molecule has 1 heterocycles. The van der Waals surface area contributed by atoms with Gasteiger partial charge in [0.05, 0.1) is 5.52 Å². The van der Waals surface area contributed by atoms with Gasteiger partial charge in [-0.3, -0.25) is 9.89 Å². The van der Waals surface area contributed by atoms with Crippen molar-refractivity contribution in [3.8, 4) is 0 Å². The lowest BCUT2D eigenvalue weighted by molar-refractivity contribution is -0.129. The zero-order chi connectivity index (χ0) is 17.8. The maximum absolute atomic E-state index is 12.2. The summed E-state index contributed by atoms with van der Waals surface area (Å²) in [7, 11) is 0. The van der Waals surface area contributed by atoms with Crippen LogP contribution in [0.5, 0.6) is 0 Å². The number of benzene rings is 2. The van der Waals surface area contributed by atoms with Crippen molar-refractivity contribution in [1.29, 1.82) is 0 Å². The van der Waals surface area contributed by atoms with Crippen molar-refractivity contribution in [1.82, 2.24) is 15.5 Å². The molecule has 25 heavy (non-hydrogen) atoms. The summed E-state index contributed by atoms with van der Waals surface area (Å²) >= 11 is 5.82. The Hall–Kier alpha value is -2.86. The minimum atomic E-state index is -0.935. The second-order valence-electron chi connectivity index (χ2n) is 5.51. The Morgan fingerprint density at radius 1 is 1.20 bits per heavy atom. The van der Waals surface area contributed by atoms with Gasteiger partial charge in [-0.25, -0.2) is 4.79 Å². The Kier molecular flexibility index (Phi) is 5.00. The Morgan fingerprint density at radius 2 is 1.92 bits per heavy atom. The minimum Gasteiger partial charge on any atom is -0.448 e. The first-order valence-electron chi connectivity index (χ1n) is 7.71. The van der Waals surface area contributed by atoms with Gasteiger partial charge in [-0.15, -0.1) is 0 Å². The van der Waals surface area contributed by atoms with Gasteiger partial charge in [-0.2, -0.15) is 5.10 Å². The number of hydrogen-bond donors (Lipinski definition) is 2. The van der Waals surface area contributed by atoms with Crippen LogP contribution in [0.2, 0.25) is 5.02 Å². The number of H-pyrrole nitrogens is 1. The number of para-hydroxylation sites is 1. The topological polar surface area (TPSA) is 84.1 Å². The van der Waals surface area contributed by atoms with Gasteiger partial charge in [0.1, 0.15) is 0 Å². The molecule has 2 N–H and O–H groups in total.